The van der Waals surface area contributed by atoms with Gasteiger partial charge in [0, 0.05) is 26.7 Å². The highest BCUT2D eigenvalue weighted by molar-refractivity contribution is 5.80. The van der Waals surface area contributed by atoms with Gasteiger partial charge in [-0.05, 0) is 13.8 Å². The minimum atomic E-state index is -0.211. The van der Waals surface area contributed by atoms with Crippen LogP contribution in [-0.4, -0.2) is 36.1 Å². The summed E-state index contributed by atoms with van der Waals surface area (Å²) in [7, 11) is 3.47. The summed E-state index contributed by atoms with van der Waals surface area (Å²) in [5.74, 6) is 0.827. The fourth-order valence-electron chi connectivity index (χ4n) is 1.23. The van der Waals surface area contributed by atoms with Crippen molar-refractivity contribution in [1.82, 2.24) is 15.4 Å². The van der Waals surface area contributed by atoms with Crippen LogP contribution in [-0.2, 0) is 11.3 Å². The van der Waals surface area contributed by atoms with Crippen molar-refractivity contribution in [3.63, 3.8) is 0 Å². The molecule has 1 aromatic rings. The lowest BCUT2D eigenvalue weighted by atomic mass is 10.3. The number of amides is 1. The monoisotopic (exact) mass is 211 g/mol. The van der Waals surface area contributed by atoms with E-state index >= 15 is 0 Å². The van der Waals surface area contributed by atoms with Crippen LogP contribution in [0.4, 0.5) is 0 Å². The van der Waals surface area contributed by atoms with Gasteiger partial charge in [-0.3, -0.25) is 4.79 Å². The van der Waals surface area contributed by atoms with E-state index in [1.54, 1.807) is 19.0 Å². The number of aryl methyl sites for hydroxylation is 1. The lowest BCUT2D eigenvalue weighted by Gasteiger charge is -2.17. The lowest BCUT2D eigenvalue weighted by molar-refractivity contribution is -0.130. The van der Waals surface area contributed by atoms with Crippen molar-refractivity contribution in [3.05, 3.63) is 17.5 Å². The fourth-order valence-corrected chi connectivity index (χ4v) is 1.23. The van der Waals surface area contributed by atoms with Crippen LogP contribution in [0.15, 0.2) is 10.6 Å². The van der Waals surface area contributed by atoms with Crippen molar-refractivity contribution in [3.8, 4) is 0 Å². The first-order chi connectivity index (χ1) is 7.00. The first-order valence-corrected chi connectivity index (χ1v) is 4.87. The Balaban J connectivity index is 2.40. The van der Waals surface area contributed by atoms with Crippen LogP contribution in [0.25, 0.3) is 0 Å². The number of hydrogen-bond acceptors (Lipinski definition) is 4. The highest BCUT2D eigenvalue weighted by Gasteiger charge is 2.14. The number of nitrogens with zero attached hydrogens (tertiary/aromatic N) is 2. The Kier molecular flexibility index (Phi) is 3.85. The quantitative estimate of drug-likeness (QED) is 0.790. The van der Waals surface area contributed by atoms with Gasteiger partial charge in [-0.2, -0.15) is 0 Å². The average molecular weight is 211 g/mol. The predicted octanol–water partition coefficient (Wildman–Crippen LogP) is 0.549. The van der Waals surface area contributed by atoms with Gasteiger partial charge in [0.2, 0.25) is 5.91 Å². The molecule has 1 N–H and O–H groups in total. The lowest BCUT2D eigenvalue weighted by Crippen LogP contribution is -2.41. The molecule has 1 rings (SSSR count). The molecular weight excluding hydrogens is 194 g/mol. The molecule has 0 saturated carbocycles. The summed E-state index contributed by atoms with van der Waals surface area (Å²) in [4.78, 5) is 13.1. The SMILES string of the molecule is Cc1cc(CNC(C)C(=O)N(C)C)no1. The Labute approximate surface area is 89.4 Å². The highest BCUT2D eigenvalue weighted by Crippen LogP contribution is 2.01. The van der Waals surface area contributed by atoms with Gasteiger partial charge in [0.25, 0.3) is 0 Å². The standard InChI is InChI=1S/C10H17N3O2/c1-7-5-9(12-15-7)6-11-8(2)10(14)13(3)4/h5,8,11H,6H2,1-4H3. The van der Waals surface area contributed by atoms with Gasteiger partial charge in [0.1, 0.15) is 5.76 Å². The zero-order valence-corrected chi connectivity index (χ0v) is 9.57. The van der Waals surface area contributed by atoms with Crippen molar-refractivity contribution in [2.24, 2.45) is 0 Å². The molecule has 0 aliphatic rings. The molecule has 0 aliphatic carbocycles. The summed E-state index contributed by atoms with van der Waals surface area (Å²) in [6.07, 6.45) is 0. The maximum Gasteiger partial charge on any atom is 0.238 e. The Hall–Kier alpha value is -1.36. The van der Waals surface area contributed by atoms with Crippen molar-refractivity contribution in [2.45, 2.75) is 26.4 Å². The molecule has 0 aromatic carbocycles. The number of aromatic nitrogens is 1. The maximum atomic E-state index is 11.5. The third-order valence-electron chi connectivity index (χ3n) is 2.08. The van der Waals surface area contributed by atoms with E-state index in [1.807, 2.05) is 19.9 Å². The second-order valence-corrected chi connectivity index (χ2v) is 3.76. The second kappa shape index (κ2) is 4.93. The predicted molar refractivity (Wildman–Crippen MR) is 56.2 cm³/mol. The molecule has 0 saturated heterocycles. The zero-order valence-electron chi connectivity index (χ0n) is 9.57. The third kappa shape index (κ3) is 3.36. The molecule has 1 atom stereocenters. The van der Waals surface area contributed by atoms with Gasteiger partial charge in [-0.15, -0.1) is 0 Å². The van der Waals surface area contributed by atoms with Gasteiger partial charge in [0.15, 0.2) is 0 Å². The van der Waals surface area contributed by atoms with Crippen LogP contribution in [0.3, 0.4) is 0 Å². The Bertz CT molecular complexity index is 333. The molecule has 5 heteroatoms. The van der Waals surface area contributed by atoms with E-state index in [0.29, 0.717) is 6.54 Å². The van der Waals surface area contributed by atoms with Crippen molar-refractivity contribution < 1.29 is 9.32 Å². The van der Waals surface area contributed by atoms with Crippen LogP contribution < -0.4 is 5.32 Å². The average Bonchev–Trinajstić information content (AvgIpc) is 2.59. The summed E-state index contributed by atoms with van der Waals surface area (Å²) in [5, 5.41) is 6.91. The van der Waals surface area contributed by atoms with E-state index in [2.05, 4.69) is 10.5 Å². The van der Waals surface area contributed by atoms with Gasteiger partial charge in [0.05, 0.1) is 11.7 Å². The van der Waals surface area contributed by atoms with Crippen LogP contribution in [0.5, 0.6) is 0 Å². The molecule has 15 heavy (non-hydrogen) atoms. The van der Waals surface area contributed by atoms with Crippen LogP contribution in [0, 0.1) is 6.92 Å². The summed E-state index contributed by atoms with van der Waals surface area (Å²) < 4.78 is 4.92. The Morgan fingerprint density at radius 1 is 1.67 bits per heavy atom. The van der Waals surface area contributed by atoms with Crippen molar-refractivity contribution in [2.75, 3.05) is 14.1 Å². The van der Waals surface area contributed by atoms with Crippen LogP contribution in [0.2, 0.25) is 0 Å². The molecule has 1 aromatic heterocycles. The minimum absolute atomic E-state index is 0.0511. The largest absolute Gasteiger partial charge is 0.361 e. The summed E-state index contributed by atoms with van der Waals surface area (Å²) in [6, 6.07) is 1.64. The van der Waals surface area contributed by atoms with Crippen molar-refractivity contribution in [1.29, 1.82) is 0 Å². The number of nitrogens with one attached hydrogen (secondary N) is 1. The summed E-state index contributed by atoms with van der Waals surface area (Å²) in [6.45, 7) is 4.21. The van der Waals surface area contributed by atoms with E-state index in [-0.39, 0.29) is 11.9 Å². The van der Waals surface area contributed by atoms with Gasteiger partial charge < -0.3 is 14.7 Å². The van der Waals surface area contributed by atoms with Gasteiger partial charge in [-0.1, -0.05) is 5.16 Å². The fraction of sp³-hybridized carbons (Fsp3) is 0.600. The molecule has 0 radical (unpaired) electrons. The van der Waals surface area contributed by atoms with E-state index in [9.17, 15) is 4.79 Å². The van der Waals surface area contributed by atoms with E-state index in [1.165, 1.54) is 0 Å². The smallest absolute Gasteiger partial charge is 0.238 e. The molecule has 0 bridgehead atoms. The molecule has 84 valence electrons. The van der Waals surface area contributed by atoms with Crippen LogP contribution >= 0.6 is 0 Å². The molecule has 1 unspecified atom stereocenters. The number of carbonyl (C=O) groups is 1. The number of likely N-dealkylation sites (N-methyl/N-ethyl adjacent to an activating group) is 1. The van der Waals surface area contributed by atoms with E-state index in [4.69, 9.17) is 4.52 Å². The molecule has 0 aliphatic heterocycles. The topological polar surface area (TPSA) is 58.4 Å². The molecule has 1 heterocycles. The molecular formula is C10H17N3O2. The number of rotatable bonds is 4. The molecule has 1 amide bonds. The zero-order chi connectivity index (χ0) is 11.4. The molecule has 0 fully saturated rings. The van der Waals surface area contributed by atoms with E-state index < -0.39 is 0 Å². The Morgan fingerprint density at radius 3 is 2.80 bits per heavy atom. The first-order valence-electron chi connectivity index (χ1n) is 4.87. The normalized spacial score (nSPS) is 12.5. The minimum Gasteiger partial charge on any atom is -0.361 e. The second-order valence-electron chi connectivity index (χ2n) is 3.76. The van der Waals surface area contributed by atoms with Gasteiger partial charge >= 0.3 is 0 Å². The summed E-state index contributed by atoms with van der Waals surface area (Å²) in [5.41, 5.74) is 0.811. The van der Waals surface area contributed by atoms with Crippen LogP contribution in [0.1, 0.15) is 18.4 Å². The Morgan fingerprint density at radius 2 is 2.33 bits per heavy atom. The van der Waals surface area contributed by atoms with Crippen molar-refractivity contribution >= 4 is 5.91 Å². The third-order valence-corrected chi connectivity index (χ3v) is 2.08. The van der Waals surface area contributed by atoms with Gasteiger partial charge in [-0.25, -0.2) is 0 Å². The number of carbonyl (C=O) groups excluding carboxylic acids is 1. The first kappa shape index (κ1) is 11.7. The summed E-state index contributed by atoms with van der Waals surface area (Å²) >= 11 is 0. The highest BCUT2D eigenvalue weighted by atomic mass is 16.5. The van der Waals surface area contributed by atoms with E-state index in [0.717, 1.165) is 11.5 Å². The molecule has 5 nitrogen and oxygen atoms in total. The number of hydrogen-bond donors (Lipinski definition) is 1. The maximum absolute atomic E-state index is 11.5. The molecule has 0 spiro atoms.